The number of carbonyl (C=O) groups excluding carboxylic acids is 1. The topological polar surface area (TPSA) is 70.6 Å². The number of amides is 1. The fourth-order valence-electron chi connectivity index (χ4n) is 2.71. The molecule has 1 amide bonds. The molecule has 1 aliphatic heterocycles. The van der Waals surface area contributed by atoms with Gasteiger partial charge < -0.3 is 19.9 Å². The summed E-state index contributed by atoms with van der Waals surface area (Å²) in [6.45, 7) is 5.07. The molecule has 25 heavy (non-hydrogen) atoms. The molecule has 1 fully saturated rings. The molecular weight excluding hydrogens is 318 g/mol. The quantitative estimate of drug-likeness (QED) is 0.916. The van der Waals surface area contributed by atoms with Crippen molar-refractivity contribution in [3.05, 3.63) is 41.7 Å². The Morgan fingerprint density at radius 1 is 1.12 bits per heavy atom. The summed E-state index contributed by atoms with van der Waals surface area (Å²) in [5.74, 6) is 1.15. The molecule has 1 aliphatic rings. The van der Waals surface area contributed by atoms with Crippen LogP contribution in [0.1, 0.15) is 16.2 Å². The first-order chi connectivity index (χ1) is 12.0. The number of anilines is 2. The van der Waals surface area contributed by atoms with Crippen LogP contribution in [0, 0.1) is 6.92 Å². The summed E-state index contributed by atoms with van der Waals surface area (Å²) in [5, 5.41) is 3.14. The zero-order valence-corrected chi connectivity index (χ0v) is 14.8. The first-order valence-electron chi connectivity index (χ1n) is 8.30. The zero-order valence-electron chi connectivity index (χ0n) is 14.8. The SMILES string of the molecule is COc1ccc(Nc2nc(C)cc(C(=O)N3CCN(C)CC3)n2)cc1. The van der Waals surface area contributed by atoms with Gasteiger partial charge in [0.2, 0.25) is 5.95 Å². The first kappa shape index (κ1) is 17.2. The third-order valence-electron chi connectivity index (χ3n) is 4.21. The van der Waals surface area contributed by atoms with Crippen LogP contribution in [0.2, 0.25) is 0 Å². The Morgan fingerprint density at radius 3 is 2.44 bits per heavy atom. The van der Waals surface area contributed by atoms with E-state index in [1.807, 2.05) is 36.1 Å². The molecule has 3 rings (SSSR count). The van der Waals surface area contributed by atoms with Crippen molar-refractivity contribution in [3.8, 4) is 5.75 Å². The van der Waals surface area contributed by atoms with E-state index in [0.717, 1.165) is 43.3 Å². The second kappa shape index (κ2) is 7.48. The number of aromatic nitrogens is 2. The van der Waals surface area contributed by atoms with Crippen LogP contribution in [-0.2, 0) is 0 Å². The lowest BCUT2D eigenvalue weighted by molar-refractivity contribution is 0.0658. The van der Waals surface area contributed by atoms with Gasteiger partial charge in [0.25, 0.3) is 5.91 Å². The van der Waals surface area contributed by atoms with Crippen molar-refractivity contribution in [2.75, 3.05) is 45.7 Å². The van der Waals surface area contributed by atoms with E-state index >= 15 is 0 Å². The number of aryl methyl sites for hydroxylation is 1. The van der Waals surface area contributed by atoms with E-state index in [4.69, 9.17) is 4.74 Å². The third kappa shape index (κ3) is 4.24. The molecule has 0 aliphatic carbocycles. The van der Waals surface area contributed by atoms with Gasteiger partial charge in [-0.2, -0.15) is 0 Å². The minimum atomic E-state index is -0.0450. The van der Waals surface area contributed by atoms with Crippen molar-refractivity contribution in [3.63, 3.8) is 0 Å². The summed E-state index contributed by atoms with van der Waals surface area (Å²) in [4.78, 5) is 25.6. The lowest BCUT2D eigenvalue weighted by atomic mass is 10.2. The molecule has 2 aromatic rings. The van der Waals surface area contributed by atoms with Crippen molar-refractivity contribution in [2.45, 2.75) is 6.92 Å². The summed E-state index contributed by atoms with van der Waals surface area (Å²) in [7, 11) is 3.69. The number of carbonyl (C=O) groups is 1. The van der Waals surface area contributed by atoms with Crippen LogP contribution in [0.25, 0.3) is 0 Å². The normalized spacial score (nSPS) is 15.1. The highest BCUT2D eigenvalue weighted by Crippen LogP contribution is 2.18. The minimum Gasteiger partial charge on any atom is -0.497 e. The molecule has 132 valence electrons. The number of benzene rings is 1. The van der Waals surface area contributed by atoms with E-state index in [-0.39, 0.29) is 5.91 Å². The number of ether oxygens (including phenoxy) is 1. The van der Waals surface area contributed by atoms with Gasteiger partial charge in [0, 0.05) is 37.6 Å². The lowest BCUT2D eigenvalue weighted by Gasteiger charge is -2.32. The lowest BCUT2D eigenvalue weighted by Crippen LogP contribution is -2.47. The van der Waals surface area contributed by atoms with Gasteiger partial charge in [-0.25, -0.2) is 9.97 Å². The molecule has 2 heterocycles. The minimum absolute atomic E-state index is 0.0450. The number of nitrogens with one attached hydrogen (secondary N) is 1. The van der Waals surface area contributed by atoms with Gasteiger partial charge in [0.1, 0.15) is 11.4 Å². The van der Waals surface area contributed by atoms with Crippen molar-refractivity contribution < 1.29 is 9.53 Å². The second-order valence-corrected chi connectivity index (χ2v) is 6.17. The molecular formula is C18H23N5O2. The van der Waals surface area contributed by atoms with Gasteiger partial charge in [0.05, 0.1) is 7.11 Å². The molecule has 0 spiro atoms. The fraction of sp³-hybridized carbons (Fsp3) is 0.389. The van der Waals surface area contributed by atoms with E-state index in [0.29, 0.717) is 11.6 Å². The Kier molecular flexibility index (Phi) is 5.14. The monoisotopic (exact) mass is 341 g/mol. The number of rotatable bonds is 4. The third-order valence-corrected chi connectivity index (χ3v) is 4.21. The van der Waals surface area contributed by atoms with E-state index in [1.54, 1.807) is 13.2 Å². The molecule has 0 atom stereocenters. The highest BCUT2D eigenvalue weighted by Gasteiger charge is 2.22. The summed E-state index contributed by atoms with van der Waals surface area (Å²) in [6.07, 6.45) is 0. The van der Waals surface area contributed by atoms with Crippen LogP contribution in [-0.4, -0.2) is 66.0 Å². The molecule has 1 aromatic carbocycles. The van der Waals surface area contributed by atoms with Crippen molar-refractivity contribution in [2.24, 2.45) is 0 Å². The maximum absolute atomic E-state index is 12.7. The van der Waals surface area contributed by atoms with Crippen molar-refractivity contribution >= 4 is 17.5 Å². The Bertz CT molecular complexity index is 740. The predicted octanol–water partition coefficient (Wildman–Crippen LogP) is 1.92. The van der Waals surface area contributed by atoms with Gasteiger partial charge in [0.15, 0.2) is 0 Å². The molecule has 0 radical (unpaired) electrons. The highest BCUT2D eigenvalue weighted by molar-refractivity contribution is 5.92. The number of methoxy groups -OCH3 is 1. The number of likely N-dealkylation sites (N-methyl/N-ethyl adjacent to an activating group) is 1. The molecule has 0 saturated carbocycles. The smallest absolute Gasteiger partial charge is 0.272 e. The average Bonchev–Trinajstić information content (AvgIpc) is 2.62. The van der Waals surface area contributed by atoms with Gasteiger partial charge in [-0.05, 0) is 44.3 Å². The predicted molar refractivity (Wildman–Crippen MR) is 96.4 cm³/mol. The van der Waals surface area contributed by atoms with E-state index < -0.39 is 0 Å². The van der Waals surface area contributed by atoms with E-state index in [1.165, 1.54) is 0 Å². The van der Waals surface area contributed by atoms with Crippen LogP contribution in [0.15, 0.2) is 30.3 Å². The Hall–Kier alpha value is -2.67. The number of piperazine rings is 1. The molecule has 0 unspecified atom stereocenters. The van der Waals surface area contributed by atoms with Crippen molar-refractivity contribution in [1.29, 1.82) is 0 Å². The van der Waals surface area contributed by atoms with Crippen LogP contribution in [0.3, 0.4) is 0 Å². The first-order valence-corrected chi connectivity index (χ1v) is 8.30. The number of hydrogen-bond donors (Lipinski definition) is 1. The van der Waals surface area contributed by atoms with Gasteiger partial charge in [-0.15, -0.1) is 0 Å². The highest BCUT2D eigenvalue weighted by atomic mass is 16.5. The standard InChI is InChI=1S/C18H23N5O2/c1-13-12-16(17(24)23-10-8-22(2)9-11-23)21-18(19-13)20-14-4-6-15(25-3)7-5-14/h4-7,12H,8-11H2,1-3H3,(H,19,20,21). The maximum atomic E-state index is 12.7. The second-order valence-electron chi connectivity index (χ2n) is 6.17. The zero-order chi connectivity index (χ0) is 17.8. The largest absolute Gasteiger partial charge is 0.497 e. The molecule has 1 aromatic heterocycles. The van der Waals surface area contributed by atoms with Crippen LogP contribution in [0.5, 0.6) is 5.75 Å². The van der Waals surface area contributed by atoms with E-state index in [2.05, 4.69) is 27.2 Å². The summed E-state index contributed by atoms with van der Waals surface area (Å²) in [5.41, 5.74) is 2.01. The summed E-state index contributed by atoms with van der Waals surface area (Å²) in [6, 6.07) is 9.21. The van der Waals surface area contributed by atoms with Crippen molar-refractivity contribution in [1.82, 2.24) is 19.8 Å². The van der Waals surface area contributed by atoms with Gasteiger partial charge in [-0.3, -0.25) is 4.79 Å². The van der Waals surface area contributed by atoms with Gasteiger partial charge >= 0.3 is 0 Å². The van der Waals surface area contributed by atoms with E-state index in [9.17, 15) is 4.79 Å². The summed E-state index contributed by atoms with van der Waals surface area (Å²) < 4.78 is 5.15. The molecule has 7 heteroatoms. The molecule has 1 saturated heterocycles. The maximum Gasteiger partial charge on any atom is 0.272 e. The molecule has 7 nitrogen and oxygen atoms in total. The Balaban J connectivity index is 1.76. The molecule has 1 N–H and O–H groups in total. The fourth-order valence-corrected chi connectivity index (χ4v) is 2.71. The van der Waals surface area contributed by atoms with Crippen LogP contribution < -0.4 is 10.1 Å². The Morgan fingerprint density at radius 2 is 1.80 bits per heavy atom. The van der Waals surface area contributed by atoms with Crippen LogP contribution >= 0.6 is 0 Å². The van der Waals surface area contributed by atoms with Gasteiger partial charge in [-0.1, -0.05) is 0 Å². The number of hydrogen-bond acceptors (Lipinski definition) is 6. The summed E-state index contributed by atoms with van der Waals surface area (Å²) >= 11 is 0. The Labute approximate surface area is 147 Å². The average molecular weight is 341 g/mol. The number of nitrogens with zero attached hydrogens (tertiary/aromatic N) is 4. The molecule has 0 bridgehead atoms. The van der Waals surface area contributed by atoms with Crippen LogP contribution in [0.4, 0.5) is 11.6 Å².